The second-order valence-electron chi connectivity index (χ2n) is 10.6. The third-order valence-corrected chi connectivity index (χ3v) is 9.05. The summed E-state index contributed by atoms with van der Waals surface area (Å²) in [7, 11) is 1.66. The lowest BCUT2D eigenvalue weighted by Crippen LogP contribution is -2.51. The fraction of sp³-hybridized carbons (Fsp3) is 0.654. The number of hydrogen-bond acceptors (Lipinski definition) is 6. The van der Waals surface area contributed by atoms with Crippen LogP contribution in [0.4, 0.5) is 4.39 Å². The minimum atomic E-state index is -0.414. The minimum absolute atomic E-state index is 0.0522. The highest BCUT2D eigenvalue weighted by Gasteiger charge is 2.55. The maximum atomic E-state index is 14.0. The van der Waals surface area contributed by atoms with Crippen LogP contribution in [0.25, 0.3) is 0 Å². The van der Waals surface area contributed by atoms with Gasteiger partial charge in [-0.25, -0.2) is 4.39 Å². The van der Waals surface area contributed by atoms with E-state index in [0.29, 0.717) is 23.4 Å². The van der Waals surface area contributed by atoms with Gasteiger partial charge in [-0.3, -0.25) is 9.36 Å². The van der Waals surface area contributed by atoms with Gasteiger partial charge in [0.2, 0.25) is 0 Å². The summed E-state index contributed by atoms with van der Waals surface area (Å²) in [4.78, 5) is 13.8. The van der Waals surface area contributed by atoms with Crippen LogP contribution < -0.4 is 4.74 Å². The number of rotatable bonds is 10. The zero-order valence-electron chi connectivity index (χ0n) is 20.2. The number of carbonyl (C=O) groups is 1. The van der Waals surface area contributed by atoms with Crippen molar-refractivity contribution in [2.24, 2.45) is 23.2 Å². The van der Waals surface area contributed by atoms with Gasteiger partial charge in [0.25, 0.3) is 0 Å². The smallest absolute Gasteiger partial charge is 0.192 e. The molecule has 8 heteroatoms. The molecule has 6 nitrogen and oxygen atoms in total. The van der Waals surface area contributed by atoms with Gasteiger partial charge < -0.3 is 9.47 Å². The van der Waals surface area contributed by atoms with Crippen LogP contribution in [-0.4, -0.2) is 39.5 Å². The molecule has 184 valence electrons. The number of Topliss-reactive ketones (excluding diaryl/α,β-unsaturated/α-hetero) is 1. The van der Waals surface area contributed by atoms with E-state index in [9.17, 15) is 9.18 Å². The van der Waals surface area contributed by atoms with E-state index in [0.717, 1.165) is 37.0 Å². The van der Waals surface area contributed by atoms with Crippen molar-refractivity contribution >= 4 is 17.5 Å². The van der Waals surface area contributed by atoms with Gasteiger partial charge in [0.1, 0.15) is 6.61 Å². The first-order chi connectivity index (χ1) is 16.4. The van der Waals surface area contributed by atoms with Gasteiger partial charge in [0.15, 0.2) is 28.3 Å². The molecule has 1 aromatic heterocycles. The summed E-state index contributed by atoms with van der Waals surface area (Å²) in [5.74, 6) is 2.94. The molecule has 4 aliphatic rings. The first-order valence-corrected chi connectivity index (χ1v) is 13.3. The molecule has 0 radical (unpaired) electrons. The molecule has 0 spiro atoms. The normalized spacial score (nSPS) is 29.2. The average molecular weight is 488 g/mol. The van der Waals surface area contributed by atoms with E-state index >= 15 is 0 Å². The highest BCUT2D eigenvalue weighted by Crippen LogP contribution is 2.61. The Morgan fingerprint density at radius 1 is 1.15 bits per heavy atom. The average Bonchev–Trinajstić information content (AvgIpc) is 3.19. The molecule has 4 fully saturated rings. The van der Waals surface area contributed by atoms with Gasteiger partial charge in [-0.05, 0) is 82.3 Å². The maximum absolute atomic E-state index is 14.0. The van der Waals surface area contributed by atoms with E-state index in [-0.39, 0.29) is 29.1 Å². The summed E-state index contributed by atoms with van der Waals surface area (Å²) in [5, 5.41) is 9.25. The lowest BCUT2D eigenvalue weighted by molar-refractivity contribution is -0.143. The highest BCUT2D eigenvalue weighted by atomic mass is 32.2. The number of para-hydroxylation sites is 1. The summed E-state index contributed by atoms with van der Waals surface area (Å²) in [5.41, 5.74) is -0.138. The van der Waals surface area contributed by atoms with Gasteiger partial charge in [-0.15, -0.1) is 10.2 Å². The molecule has 6 rings (SSSR count). The van der Waals surface area contributed by atoms with Crippen molar-refractivity contribution in [3.05, 3.63) is 35.9 Å². The summed E-state index contributed by atoms with van der Waals surface area (Å²) in [6.07, 6.45) is 7.17. The van der Waals surface area contributed by atoms with Gasteiger partial charge in [0.05, 0.1) is 17.9 Å². The zero-order valence-corrected chi connectivity index (χ0v) is 21.0. The Balaban J connectivity index is 1.33. The zero-order chi connectivity index (χ0) is 23.9. The molecular formula is C26H34FN3O3S. The van der Waals surface area contributed by atoms with Gasteiger partial charge in [-0.2, -0.15) is 0 Å². The Kier molecular flexibility index (Phi) is 6.73. The third-order valence-electron chi connectivity index (χ3n) is 7.99. The van der Waals surface area contributed by atoms with Crippen LogP contribution in [0.3, 0.4) is 0 Å². The molecule has 2 atom stereocenters. The molecule has 1 aromatic carbocycles. The lowest BCUT2D eigenvalue weighted by Gasteiger charge is -2.56. The molecule has 4 bridgehead atoms. The molecule has 1 heterocycles. The van der Waals surface area contributed by atoms with Crippen LogP contribution in [0.5, 0.6) is 5.75 Å². The number of ether oxygens (including phenoxy) is 2. The number of carbonyl (C=O) groups excluding carboxylic acids is 1. The number of hydrogen-bond donors (Lipinski definition) is 0. The van der Waals surface area contributed by atoms with E-state index in [4.69, 9.17) is 9.47 Å². The predicted octanol–water partition coefficient (Wildman–Crippen LogP) is 5.47. The van der Waals surface area contributed by atoms with E-state index in [1.54, 1.807) is 25.3 Å². The number of halogens is 1. The van der Waals surface area contributed by atoms with Gasteiger partial charge in [0, 0.05) is 12.5 Å². The Morgan fingerprint density at radius 3 is 2.41 bits per heavy atom. The van der Waals surface area contributed by atoms with Crippen molar-refractivity contribution in [3.8, 4) is 5.75 Å². The van der Waals surface area contributed by atoms with Crippen molar-refractivity contribution in [3.63, 3.8) is 0 Å². The summed E-state index contributed by atoms with van der Waals surface area (Å²) >= 11 is 1.48. The predicted molar refractivity (Wildman–Crippen MR) is 128 cm³/mol. The molecule has 4 saturated carbocycles. The van der Waals surface area contributed by atoms with E-state index < -0.39 is 5.82 Å². The molecular weight excluding hydrogens is 453 g/mol. The molecule has 2 aromatic rings. The monoisotopic (exact) mass is 487 g/mol. The van der Waals surface area contributed by atoms with Crippen LogP contribution in [0, 0.1) is 29.0 Å². The molecule has 0 saturated heterocycles. The summed E-state index contributed by atoms with van der Waals surface area (Å²) in [6.45, 7) is 4.59. The van der Waals surface area contributed by atoms with Gasteiger partial charge in [-0.1, -0.05) is 23.9 Å². The number of methoxy groups -OCH3 is 1. The first-order valence-electron chi connectivity index (χ1n) is 12.4. The quantitative estimate of drug-likeness (QED) is 0.414. The Labute approximate surface area is 205 Å². The van der Waals surface area contributed by atoms with Crippen LogP contribution in [0.1, 0.15) is 64.2 Å². The van der Waals surface area contributed by atoms with Crippen molar-refractivity contribution in [2.75, 3.05) is 13.7 Å². The minimum Gasteiger partial charge on any atom is -0.483 e. The topological polar surface area (TPSA) is 66.2 Å². The number of ketones is 1. The van der Waals surface area contributed by atoms with Gasteiger partial charge >= 0.3 is 0 Å². The molecule has 0 N–H and O–H groups in total. The molecule has 0 unspecified atom stereocenters. The standard InChI is InChI=1S/C26H34FN3O3S/c1-16(14-32-3)30-23(15-33-22-7-5-4-6-21(22)27)28-29-25(30)34-17(2)24(31)26-11-18-8-19(12-26)10-20(9-18)13-26/h4-7,16-20H,8-15H2,1-3H3/t16-,17+,18?,19?,20?,26?/m1/s1. The number of thioether (sulfide) groups is 1. The van der Waals surface area contributed by atoms with Crippen molar-refractivity contribution in [2.45, 2.75) is 75.4 Å². The van der Waals surface area contributed by atoms with Crippen molar-refractivity contribution < 1.29 is 18.7 Å². The van der Waals surface area contributed by atoms with E-state index in [1.165, 1.54) is 37.1 Å². The molecule has 34 heavy (non-hydrogen) atoms. The second kappa shape index (κ2) is 9.61. The fourth-order valence-corrected chi connectivity index (χ4v) is 8.16. The molecule has 0 aliphatic heterocycles. The number of nitrogens with zero attached hydrogens (tertiary/aromatic N) is 3. The van der Waals surface area contributed by atoms with Crippen molar-refractivity contribution in [1.82, 2.24) is 14.8 Å². The second-order valence-corrected chi connectivity index (χ2v) is 11.9. The van der Waals surface area contributed by atoms with E-state index in [1.807, 2.05) is 18.4 Å². The fourth-order valence-electron chi connectivity index (χ4n) is 7.00. The SMILES string of the molecule is COC[C@@H](C)n1c(COc2ccccc2F)nnc1S[C@@H](C)C(=O)C12CC3CC(CC(C3)C1)C2. The summed E-state index contributed by atoms with van der Waals surface area (Å²) < 4.78 is 27.1. The van der Waals surface area contributed by atoms with Crippen LogP contribution in [-0.2, 0) is 16.1 Å². The number of aromatic nitrogens is 3. The Hall–Kier alpha value is -1.93. The van der Waals surface area contributed by atoms with Crippen LogP contribution in [0.15, 0.2) is 29.4 Å². The third kappa shape index (κ3) is 4.51. The highest BCUT2D eigenvalue weighted by molar-refractivity contribution is 8.00. The number of benzene rings is 1. The van der Waals surface area contributed by atoms with Crippen molar-refractivity contribution in [1.29, 1.82) is 0 Å². The maximum Gasteiger partial charge on any atom is 0.192 e. The Morgan fingerprint density at radius 2 is 1.79 bits per heavy atom. The Bertz CT molecular complexity index is 1010. The molecule has 4 aliphatic carbocycles. The summed E-state index contributed by atoms with van der Waals surface area (Å²) in [6, 6.07) is 6.27. The van der Waals surface area contributed by atoms with Crippen LogP contribution >= 0.6 is 11.8 Å². The largest absolute Gasteiger partial charge is 0.483 e. The first kappa shape index (κ1) is 23.8. The van der Waals surface area contributed by atoms with E-state index in [2.05, 4.69) is 10.2 Å². The lowest BCUT2D eigenvalue weighted by atomic mass is 9.48. The van der Waals surface area contributed by atoms with Crippen LogP contribution in [0.2, 0.25) is 0 Å². The molecule has 0 amide bonds.